The maximum Gasteiger partial charge on any atom is 0.137 e. The first-order valence-corrected chi connectivity index (χ1v) is 8.00. The molecule has 120 valence electrons. The summed E-state index contributed by atoms with van der Waals surface area (Å²) >= 11 is 0. The standard InChI is InChI=1S/C15H25N7/c1-14(2)22-13-16-9-15(22)10-20-5-3-19(4-6-20)7-8-21-12-17-11-18-21/h9,11-14H,3-8,10H2,1-2H3. The Labute approximate surface area is 131 Å². The minimum Gasteiger partial charge on any atom is -0.331 e. The average Bonchev–Trinajstić information content (AvgIpc) is 3.17. The lowest BCUT2D eigenvalue weighted by Gasteiger charge is -2.34. The van der Waals surface area contributed by atoms with E-state index in [4.69, 9.17) is 0 Å². The van der Waals surface area contributed by atoms with Crippen molar-refractivity contribution in [2.24, 2.45) is 0 Å². The first-order valence-electron chi connectivity index (χ1n) is 8.00. The van der Waals surface area contributed by atoms with E-state index >= 15 is 0 Å². The lowest BCUT2D eigenvalue weighted by Crippen LogP contribution is -2.46. The van der Waals surface area contributed by atoms with Gasteiger partial charge < -0.3 is 4.57 Å². The molecule has 1 saturated heterocycles. The lowest BCUT2D eigenvalue weighted by molar-refractivity contribution is 0.121. The van der Waals surface area contributed by atoms with Gasteiger partial charge in [-0.15, -0.1) is 0 Å². The van der Waals surface area contributed by atoms with Crippen LogP contribution in [0.5, 0.6) is 0 Å². The summed E-state index contributed by atoms with van der Waals surface area (Å²) in [4.78, 5) is 13.3. The predicted octanol–water partition coefficient (Wildman–Crippen LogP) is 0.873. The molecule has 0 radical (unpaired) electrons. The third-order valence-corrected chi connectivity index (χ3v) is 4.27. The van der Waals surface area contributed by atoms with Crippen molar-refractivity contribution in [2.75, 3.05) is 32.7 Å². The van der Waals surface area contributed by atoms with Gasteiger partial charge in [-0.3, -0.25) is 14.5 Å². The normalized spacial score (nSPS) is 17.4. The largest absolute Gasteiger partial charge is 0.331 e. The van der Waals surface area contributed by atoms with Crippen molar-refractivity contribution >= 4 is 0 Å². The van der Waals surface area contributed by atoms with E-state index in [1.54, 1.807) is 12.7 Å². The van der Waals surface area contributed by atoms with E-state index < -0.39 is 0 Å². The third kappa shape index (κ3) is 3.72. The SMILES string of the molecule is CC(C)n1cncc1CN1CCN(CCn2cncn2)CC1. The van der Waals surface area contributed by atoms with Crippen molar-refractivity contribution in [1.82, 2.24) is 34.1 Å². The molecule has 1 aliphatic heterocycles. The fraction of sp³-hybridized carbons (Fsp3) is 0.667. The summed E-state index contributed by atoms with van der Waals surface area (Å²) in [5, 5.41) is 4.15. The number of rotatable bonds is 6. The molecular weight excluding hydrogens is 278 g/mol. The molecule has 0 aliphatic carbocycles. The molecule has 0 atom stereocenters. The van der Waals surface area contributed by atoms with Crippen molar-refractivity contribution in [2.45, 2.75) is 33.0 Å². The summed E-state index contributed by atoms with van der Waals surface area (Å²) in [5.41, 5.74) is 1.31. The Hall–Kier alpha value is -1.73. The zero-order valence-electron chi connectivity index (χ0n) is 13.5. The first-order chi connectivity index (χ1) is 10.7. The van der Waals surface area contributed by atoms with Crippen molar-refractivity contribution in [3.8, 4) is 0 Å². The average molecular weight is 303 g/mol. The highest BCUT2D eigenvalue weighted by molar-refractivity contribution is 5.00. The van der Waals surface area contributed by atoms with Gasteiger partial charge in [0.15, 0.2) is 0 Å². The van der Waals surface area contributed by atoms with Crippen molar-refractivity contribution in [3.05, 3.63) is 30.9 Å². The Morgan fingerprint density at radius 3 is 2.45 bits per heavy atom. The Bertz CT molecular complexity index is 552. The molecule has 0 N–H and O–H groups in total. The van der Waals surface area contributed by atoms with Gasteiger partial charge in [0.2, 0.25) is 0 Å². The summed E-state index contributed by atoms with van der Waals surface area (Å²) in [6, 6.07) is 0.474. The van der Waals surface area contributed by atoms with Crippen LogP contribution in [-0.2, 0) is 13.1 Å². The highest BCUT2D eigenvalue weighted by Crippen LogP contribution is 2.13. The fourth-order valence-corrected chi connectivity index (χ4v) is 2.91. The Balaban J connectivity index is 1.44. The molecule has 0 unspecified atom stereocenters. The number of nitrogens with zero attached hydrogens (tertiary/aromatic N) is 7. The molecule has 0 spiro atoms. The summed E-state index contributed by atoms with van der Waals surface area (Å²) in [7, 11) is 0. The van der Waals surface area contributed by atoms with Gasteiger partial charge >= 0.3 is 0 Å². The zero-order chi connectivity index (χ0) is 15.4. The monoisotopic (exact) mass is 303 g/mol. The summed E-state index contributed by atoms with van der Waals surface area (Å²) in [6.45, 7) is 11.8. The number of aromatic nitrogens is 5. The smallest absolute Gasteiger partial charge is 0.137 e. The van der Waals surface area contributed by atoms with E-state index in [0.29, 0.717) is 6.04 Å². The van der Waals surface area contributed by atoms with Gasteiger partial charge in [-0.1, -0.05) is 0 Å². The van der Waals surface area contributed by atoms with Gasteiger partial charge in [0.1, 0.15) is 12.7 Å². The highest BCUT2D eigenvalue weighted by Gasteiger charge is 2.18. The molecule has 3 rings (SSSR count). The number of hydrogen-bond acceptors (Lipinski definition) is 5. The van der Waals surface area contributed by atoms with Gasteiger partial charge in [-0.25, -0.2) is 9.97 Å². The molecule has 0 amide bonds. The second-order valence-corrected chi connectivity index (χ2v) is 6.16. The molecule has 2 aromatic heterocycles. The maximum atomic E-state index is 4.29. The topological polar surface area (TPSA) is 55.0 Å². The van der Waals surface area contributed by atoms with Crippen LogP contribution < -0.4 is 0 Å². The zero-order valence-corrected chi connectivity index (χ0v) is 13.5. The van der Waals surface area contributed by atoms with Crippen molar-refractivity contribution < 1.29 is 0 Å². The Morgan fingerprint density at radius 1 is 1.00 bits per heavy atom. The Morgan fingerprint density at radius 2 is 1.77 bits per heavy atom. The van der Waals surface area contributed by atoms with Gasteiger partial charge in [0.25, 0.3) is 0 Å². The number of imidazole rings is 1. The number of hydrogen-bond donors (Lipinski definition) is 0. The lowest BCUT2D eigenvalue weighted by atomic mass is 10.2. The molecule has 1 fully saturated rings. The van der Waals surface area contributed by atoms with E-state index in [1.165, 1.54) is 5.69 Å². The van der Waals surface area contributed by atoms with E-state index in [-0.39, 0.29) is 0 Å². The van der Waals surface area contributed by atoms with E-state index in [2.05, 4.69) is 43.3 Å². The summed E-state index contributed by atoms with van der Waals surface area (Å²) in [5.74, 6) is 0. The van der Waals surface area contributed by atoms with Crippen LogP contribution in [0.15, 0.2) is 25.2 Å². The quantitative estimate of drug-likeness (QED) is 0.793. The third-order valence-electron chi connectivity index (χ3n) is 4.27. The predicted molar refractivity (Wildman–Crippen MR) is 84.4 cm³/mol. The van der Waals surface area contributed by atoms with Crippen LogP contribution in [0.25, 0.3) is 0 Å². The van der Waals surface area contributed by atoms with Crippen LogP contribution in [0, 0.1) is 0 Å². The highest BCUT2D eigenvalue weighted by atomic mass is 15.3. The second-order valence-electron chi connectivity index (χ2n) is 6.16. The molecule has 7 heteroatoms. The van der Waals surface area contributed by atoms with E-state index in [1.807, 2.05) is 17.2 Å². The van der Waals surface area contributed by atoms with Gasteiger partial charge in [-0.05, 0) is 13.8 Å². The molecule has 1 aliphatic rings. The summed E-state index contributed by atoms with van der Waals surface area (Å²) < 4.78 is 4.16. The van der Waals surface area contributed by atoms with Crippen LogP contribution in [0.4, 0.5) is 0 Å². The molecule has 3 heterocycles. The molecule has 7 nitrogen and oxygen atoms in total. The molecular formula is C15H25N7. The van der Waals surface area contributed by atoms with Crippen molar-refractivity contribution in [3.63, 3.8) is 0 Å². The van der Waals surface area contributed by atoms with E-state index in [0.717, 1.165) is 45.8 Å². The molecule has 2 aromatic rings. The van der Waals surface area contributed by atoms with Gasteiger partial charge in [-0.2, -0.15) is 5.10 Å². The van der Waals surface area contributed by atoms with Crippen LogP contribution in [0.1, 0.15) is 25.6 Å². The van der Waals surface area contributed by atoms with Crippen molar-refractivity contribution in [1.29, 1.82) is 0 Å². The van der Waals surface area contributed by atoms with Gasteiger partial charge in [0.05, 0.1) is 18.6 Å². The fourth-order valence-electron chi connectivity index (χ4n) is 2.91. The molecule has 0 bridgehead atoms. The second kappa shape index (κ2) is 7.02. The van der Waals surface area contributed by atoms with Crippen LogP contribution in [0.3, 0.4) is 0 Å². The van der Waals surface area contributed by atoms with Crippen LogP contribution in [0.2, 0.25) is 0 Å². The van der Waals surface area contributed by atoms with Crippen LogP contribution in [-0.4, -0.2) is 66.8 Å². The van der Waals surface area contributed by atoms with E-state index in [9.17, 15) is 0 Å². The molecule has 0 saturated carbocycles. The maximum absolute atomic E-state index is 4.29. The molecule has 22 heavy (non-hydrogen) atoms. The van der Waals surface area contributed by atoms with Gasteiger partial charge in [0, 0.05) is 51.5 Å². The minimum absolute atomic E-state index is 0.474. The Kier molecular flexibility index (Phi) is 4.84. The molecule has 0 aromatic carbocycles. The summed E-state index contributed by atoms with van der Waals surface area (Å²) in [6.07, 6.45) is 7.31. The minimum atomic E-state index is 0.474. The number of piperazine rings is 1. The first kappa shape index (κ1) is 15.2. The van der Waals surface area contributed by atoms with Crippen LogP contribution >= 0.6 is 0 Å².